The molecule has 6 nitrogen and oxygen atoms in total. The third-order valence-electron chi connectivity index (χ3n) is 5.35. The van der Waals surface area contributed by atoms with E-state index in [1.165, 1.54) is 0 Å². The lowest BCUT2D eigenvalue weighted by atomic mass is 10.1. The average molecular weight is 514 g/mol. The van der Waals surface area contributed by atoms with Crippen LogP contribution in [-0.4, -0.2) is 49.7 Å². The second kappa shape index (κ2) is 17.1. The van der Waals surface area contributed by atoms with Crippen LogP contribution in [0.4, 0.5) is 0 Å². The van der Waals surface area contributed by atoms with Crippen molar-refractivity contribution in [1.29, 1.82) is 0 Å². The van der Waals surface area contributed by atoms with E-state index in [9.17, 15) is 10.2 Å². The number of rotatable bonds is 18. The highest BCUT2D eigenvalue weighted by Gasteiger charge is 2.11. The Balaban J connectivity index is 1.45. The minimum atomic E-state index is -0.620. The quantitative estimate of drug-likeness (QED) is 0.234. The first-order valence-electron chi connectivity index (χ1n) is 11.9. The summed E-state index contributed by atoms with van der Waals surface area (Å²) in [5.74, 6) is 0.660. The van der Waals surface area contributed by atoms with Crippen molar-refractivity contribution < 1.29 is 24.4 Å². The standard InChI is InChI=1S/C26H37Cl2NO5/c1-2-34-26-11-10-20(16-21(26)18-30)25(31)17-29-12-5-3-4-6-13-32-14-15-33-19-22-23(27)8-7-9-24(22)28/h7-11,16,25,29-31H,2-6,12-15,17-19H2,1H3/t25-/m0/s1. The number of ether oxygens (including phenoxy) is 3. The zero-order chi connectivity index (χ0) is 24.6. The molecule has 34 heavy (non-hydrogen) atoms. The third kappa shape index (κ3) is 10.5. The maximum absolute atomic E-state index is 10.4. The molecule has 190 valence electrons. The normalized spacial score (nSPS) is 12.1. The van der Waals surface area contributed by atoms with E-state index in [4.69, 9.17) is 37.4 Å². The molecule has 0 spiro atoms. The van der Waals surface area contributed by atoms with Crippen LogP contribution in [-0.2, 0) is 22.7 Å². The van der Waals surface area contributed by atoms with Gasteiger partial charge in [0.05, 0.1) is 39.1 Å². The highest BCUT2D eigenvalue weighted by molar-refractivity contribution is 6.35. The van der Waals surface area contributed by atoms with E-state index in [2.05, 4.69) is 5.32 Å². The van der Waals surface area contributed by atoms with Gasteiger partial charge in [-0.05, 0) is 56.1 Å². The van der Waals surface area contributed by atoms with Gasteiger partial charge >= 0.3 is 0 Å². The molecule has 0 aliphatic rings. The molecular formula is C26H37Cl2NO5. The number of unbranched alkanes of at least 4 members (excludes halogenated alkanes) is 3. The van der Waals surface area contributed by atoms with Crippen molar-refractivity contribution in [1.82, 2.24) is 5.32 Å². The predicted molar refractivity (Wildman–Crippen MR) is 137 cm³/mol. The van der Waals surface area contributed by atoms with Crippen LogP contribution >= 0.6 is 23.2 Å². The molecule has 8 heteroatoms. The van der Waals surface area contributed by atoms with Gasteiger partial charge in [0.25, 0.3) is 0 Å². The van der Waals surface area contributed by atoms with Crippen molar-refractivity contribution in [2.75, 3.05) is 39.5 Å². The first-order chi connectivity index (χ1) is 16.6. The maximum atomic E-state index is 10.4. The van der Waals surface area contributed by atoms with Crippen LogP contribution in [0.1, 0.15) is 55.4 Å². The minimum Gasteiger partial charge on any atom is -0.494 e. The Kier molecular flexibility index (Phi) is 14.5. The minimum absolute atomic E-state index is 0.114. The van der Waals surface area contributed by atoms with Gasteiger partial charge < -0.3 is 29.7 Å². The fourth-order valence-corrected chi connectivity index (χ4v) is 3.96. The molecule has 0 radical (unpaired) electrons. The lowest BCUT2D eigenvalue weighted by Crippen LogP contribution is -2.22. The molecule has 0 aliphatic heterocycles. The largest absolute Gasteiger partial charge is 0.494 e. The highest BCUT2D eigenvalue weighted by Crippen LogP contribution is 2.25. The van der Waals surface area contributed by atoms with Gasteiger partial charge in [-0.1, -0.05) is 48.2 Å². The monoisotopic (exact) mass is 513 g/mol. The summed E-state index contributed by atoms with van der Waals surface area (Å²) >= 11 is 12.2. The van der Waals surface area contributed by atoms with Crippen molar-refractivity contribution >= 4 is 23.2 Å². The van der Waals surface area contributed by atoms with Gasteiger partial charge in [0.15, 0.2) is 0 Å². The summed E-state index contributed by atoms with van der Waals surface area (Å²) in [6, 6.07) is 10.9. The number of halogens is 2. The lowest BCUT2D eigenvalue weighted by Gasteiger charge is -2.15. The SMILES string of the molecule is CCOc1ccc([C@@H](O)CNCCCCCCOCCOCc2c(Cl)cccc2Cl)cc1CO. The van der Waals surface area contributed by atoms with Gasteiger partial charge in [0, 0.05) is 34.3 Å². The maximum Gasteiger partial charge on any atom is 0.124 e. The number of hydrogen-bond donors (Lipinski definition) is 3. The Morgan fingerprint density at radius 1 is 0.941 bits per heavy atom. The fourth-order valence-electron chi connectivity index (χ4n) is 3.46. The zero-order valence-electron chi connectivity index (χ0n) is 19.9. The smallest absolute Gasteiger partial charge is 0.124 e. The molecule has 2 aromatic rings. The topological polar surface area (TPSA) is 80.2 Å². The van der Waals surface area contributed by atoms with E-state index in [-0.39, 0.29) is 6.61 Å². The van der Waals surface area contributed by atoms with Crippen LogP contribution in [0.5, 0.6) is 5.75 Å². The van der Waals surface area contributed by atoms with Crippen LogP contribution in [0.3, 0.4) is 0 Å². The summed E-state index contributed by atoms with van der Waals surface area (Å²) in [5.41, 5.74) is 2.27. The van der Waals surface area contributed by atoms with E-state index in [1.807, 2.05) is 19.1 Å². The third-order valence-corrected chi connectivity index (χ3v) is 6.06. The van der Waals surface area contributed by atoms with Gasteiger partial charge in [-0.2, -0.15) is 0 Å². The summed E-state index contributed by atoms with van der Waals surface area (Å²) in [5, 5.41) is 24.4. The van der Waals surface area contributed by atoms with Gasteiger partial charge in [-0.15, -0.1) is 0 Å². The average Bonchev–Trinajstić information content (AvgIpc) is 2.83. The van der Waals surface area contributed by atoms with Crippen molar-refractivity contribution in [3.63, 3.8) is 0 Å². The summed E-state index contributed by atoms with van der Waals surface area (Å²) < 4.78 is 16.7. The molecule has 0 unspecified atom stereocenters. The first-order valence-corrected chi connectivity index (χ1v) is 12.7. The van der Waals surface area contributed by atoms with E-state index in [0.717, 1.165) is 43.4 Å². The fraction of sp³-hybridized carbons (Fsp3) is 0.538. The number of aliphatic hydroxyl groups excluding tert-OH is 2. The van der Waals surface area contributed by atoms with Crippen molar-refractivity contribution in [3.05, 3.63) is 63.1 Å². The van der Waals surface area contributed by atoms with Crippen LogP contribution < -0.4 is 10.1 Å². The number of aliphatic hydroxyl groups is 2. The Hall–Kier alpha value is -1.38. The summed E-state index contributed by atoms with van der Waals surface area (Å²) in [6.07, 6.45) is 3.63. The molecule has 2 aromatic carbocycles. The lowest BCUT2D eigenvalue weighted by molar-refractivity contribution is 0.0393. The van der Waals surface area contributed by atoms with Gasteiger partial charge in [0.2, 0.25) is 0 Å². The predicted octanol–water partition coefficient (Wildman–Crippen LogP) is 5.30. The molecule has 0 aliphatic carbocycles. The molecular weight excluding hydrogens is 477 g/mol. The molecule has 0 heterocycles. The van der Waals surface area contributed by atoms with Gasteiger partial charge in [0.1, 0.15) is 5.75 Å². The zero-order valence-corrected chi connectivity index (χ0v) is 21.4. The molecule has 2 rings (SSSR count). The summed E-state index contributed by atoms with van der Waals surface area (Å²) in [6.45, 7) is 5.79. The van der Waals surface area contributed by atoms with Gasteiger partial charge in [-0.3, -0.25) is 0 Å². The molecule has 0 saturated heterocycles. The Morgan fingerprint density at radius 3 is 2.41 bits per heavy atom. The van der Waals surface area contributed by atoms with Crippen molar-refractivity contribution in [2.45, 2.75) is 51.9 Å². The first kappa shape index (κ1) is 28.9. The van der Waals surface area contributed by atoms with Crippen LogP contribution in [0, 0.1) is 0 Å². The van der Waals surface area contributed by atoms with E-state index >= 15 is 0 Å². The summed E-state index contributed by atoms with van der Waals surface area (Å²) in [7, 11) is 0. The van der Waals surface area contributed by atoms with Crippen LogP contribution in [0.2, 0.25) is 10.0 Å². The number of nitrogens with one attached hydrogen (secondary N) is 1. The van der Waals surface area contributed by atoms with E-state index in [1.54, 1.807) is 24.3 Å². The number of benzene rings is 2. The molecule has 0 fully saturated rings. The van der Waals surface area contributed by atoms with Crippen LogP contribution in [0.25, 0.3) is 0 Å². The molecule has 0 saturated carbocycles. The molecule has 1 atom stereocenters. The molecule has 0 bridgehead atoms. The Labute approximate surface area is 213 Å². The summed E-state index contributed by atoms with van der Waals surface area (Å²) in [4.78, 5) is 0. The van der Waals surface area contributed by atoms with Crippen molar-refractivity contribution in [3.8, 4) is 5.75 Å². The van der Waals surface area contributed by atoms with Crippen LogP contribution in [0.15, 0.2) is 36.4 Å². The molecule has 0 amide bonds. The van der Waals surface area contributed by atoms with E-state index in [0.29, 0.717) is 60.9 Å². The van der Waals surface area contributed by atoms with Crippen molar-refractivity contribution in [2.24, 2.45) is 0 Å². The Morgan fingerprint density at radius 2 is 1.68 bits per heavy atom. The second-order valence-electron chi connectivity index (χ2n) is 7.96. The van der Waals surface area contributed by atoms with E-state index < -0.39 is 6.10 Å². The van der Waals surface area contributed by atoms with Gasteiger partial charge in [-0.25, -0.2) is 0 Å². The molecule has 0 aromatic heterocycles. The Bertz CT molecular complexity index is 817. The number of hydrogen-bond acceptors (Lipinski definition) is 6. The molecule has 3 N–H and O–H groups in total. The second-order valence-corrected chi connectivity index (χ2v) is 8.77. The highest BCUT2D eigenvalue weighted by atomic mass is 35.5.